The third-order valence-corrected chi connectivity index (χ3v) is 12.6. The molecule has 90 valence electrons. The van der Waals surface area contributed by atoms with Crippen LogP contribution >= 0.6 is 0 Å². The number of rotatable bonds is 5. The second kappa shape index (κ2) is 4.19. The van der Waals surface area contributed by atoms with Crippen molar-refractivity contribution < 1.29 is 9.47 Å². The van der Waals surface area contributed by atoms with Crippen LogP contribution in [0.15, 0.2) is 0 Å². The Morgan fingerprint density at radius 3 is 2.20 bits per heavy atom. The Balaban J connectivity index is 2.65. The van der Waals surface area contributed by atoms with Crippen molar-refractivity contribution in [2.45, 2.75) is 51.5 Å². The third-order valence-electron chi connectivity index (χ3n) is 4.20. The summed E-state index contributed by atoms with van der Waals surface area (Å²) >= 11 is -1.75. The predicted octanol–water partition coefficient (Wildman–Crippen LogP) is 3.50. The molecule has 0 aromatic heterocycles. The Kier molecular flexibility index (Phi) is 3.85. The Bertz CT molecular complexity index is 232. The van der Waals surface area contributed by atoms with Crippen molar-refractivity contribution in [1.29, 1.82) is 0 Å². The molecule has 0 radical (unpaired) electrons. The SMILES string of the molecule is COCOC(C)(C)[C@@]1(C)C[C@@H]1[Sn]([CH3])([CH3])[CH3]. The molecule has 0 spiro atoms. The molecule has 2 nitrogen and oxygen atoms in total. The van der Waals surface area contributed by atoms with Crippen molar-refractivity contribution >= 4 is 18.4 Å². The Morgan fingerprint density at radius 1 is 1.33 bits per heavy atom. The van der Waals surface area contributed by atoms with E-state index in [1.807, 2.05) is 0 Å². The van der Waals surface area contributed by atoms with Gasteiger partial charge in [0.25, 0.3) is 0 Å². The predicted molar refractivity (Wildman–Crippen MR) is 66.9 cm³/mol. The first kappa shape index (κ1) is 13.8. The van der Waals surface area contributed by atoms with Gasteiger partial charge >= 0.3 is 98.7 Å². The van der Waals surface area contributed by atoms with Gasteiger partial charge in [-0.15, -0.1) is 0 Å². The number of ether oxygens (including phenoxy) is 2. The van der Waals surface area contributed by atoms with Crippen LogP contribution in [-0.2, 0) is 9.47 Å². The van der Waals surface area contributed by atoms with Gasteiger partial charge in [0.05, 0.1) is 0 Å². The van der Waals surface area contributed by atoms with E-state index in [0.717, 1.165) is 3.93 Å². The summed E-state index contributed by atoms with van der Waals surface area (Å²) in [7, 11) is 1.69. The fourth-order valence-electron chi connectivity index (χ4n) is 2.66. The second-order valence-electron chi connectivity index (χ2n) is 6.60. The molecule has 0 aromatic carbocycles. The van der Waals surface area contributed by atoms with Crippen molar-refractivity contribution in [1.82, 2.24) is 0 Å². The van der Waals surface area contributed by atoms with Crippen LogP contribution in [0.3, 0.4) is 0 Å². The first-order chi connectivity index (χ1) is 6.65. The maximum atomic E-state index is 5.84. The van der Waals surface area contributed by atoms with Gasteiger partial charge in [-0.2, -0.15) is 0 Å². The Hall–Kier alpha value is 0.719. The zero-order valence-corrected chi connectivity index (χ0v) is 14.2. The van der Waals surface area contributed by atoms with Crippen molar-refractivity contribution in [2.75, 3.05) is 13.9 Å². The minimum absolute atomic E-state index is 0.0438. The van der Waals surface area contributed by atoms with Crippen LogP contribution in [-0.4, -0.2) is 37.9 Å². The summed E-state index contributed by atoms with van der Waals surface area (Å²) in [5.41, 5.74) is 0.345. The molecule has 15 heavy (non-hydrogen) atoms. The molecule has 0 bridgehead atoms. The van der Waals surface area contributed by atoms with E-state index in [1.54, 1.807) is 7.11 Å². The van der Waals surface area contributed by atoms with Crippen LogP contribution in [0.5, 0.6) is 0 Å². The molecule has 1 rings (SSSR count). The van der Waals surface area contributed by atoms with Crippen LogP contribution in [0.2, 0.25) is 18.8 Å². The molecule has 0 amide bonds. The van der Waals surface area contributed by atoms with Crippen molar-refractivity contribution in [3.05, 3.63) is 0 Å². The quantitative estimate of drug-likeness (QED) is 0.570. The molecule has 1 saturated carbocycles. The van der Waals surface area contributed by atoms with Crippen LogP contribution in [0.1, 0.15) is 27.2 Å². The molecule has 0 aromatic rings. The van der Waals surface area contributed by atoms with E-state index in [9.17, 15) is 0 Å². The fraction of sp³-hybridized carbons (Fsp3) is 1.00. The van der Waals surface area contributed by atoms with E-state index < -0.39 is 18.4 Å². The van der Waals surface area contributed by atoms with Gasteiger partial charge in [0.1, 0.15) is 0 Å². The van der Waals surface area contributed by atoms with E-state index in [4.69, 9.17) is 9.47 Å². The summed E-state index contributed by atoms with van der Waals surface area (Å²) < 4.78 is 11.8. The summed E-state index contributed by atoms with van der Waals surface area (Å²) in [6.45, 7) is 7.22. The topological polar surface area (TPSA) is 18.5 Å². The molecule has 1 aliphatic carbocycles. The van der Waals surface area contributed by atoms with Crippen molar-refractivity contribution in [3.63, 3.8) is 0 Å². The standard InChI is InChI=1S/C9H17O2.3CH3.Sn/c1-8(2,11-7-10-4)9(3)5-6-9;;;;/h5H,6-7H2,1-4H3;3*1H3;/t9-;;;;/m1..../s1. The molecule has 0 heterocycles. The van der Waals surface area contributed by atoms with Crippen LogP contribution in [0.25, 0.3) is 0 Å². The number of hydrogen-bond donors (Lipinski definition) is 0. The molecule has 0 unspecified atom stereocenters. The minimum atomic E-state index is -1.75. The van der Waals surface area contributed by atoms with E-state index in [1.165, 1.54) is 6.42 Å². The zero-order valence-electron chi connectivity index (χ0n) is 11.3. The molecule has 2 atom stereocenters. The second-order valence-corrected chi connectivity index (χ2v) is 22.1. The summed E-state index contributed by atoms with van der Waals surface area (Å²) in [6, 6.07) is 0. The monoisotopic (exact) mass is 322 g/mol. The van der Waals surface area contributed by atoms with Gasteiger partial charge in [-0.05, 0) is 0 Å². The van der Waals surface area contributed by atoms with Gasteiger partial charge in [-0.3, -0.25) is 0 Å². The van der Waals surface area contributed by atoms with Crippen molar-refractivity contribution in [3.8, 4) is 0 Å². The van der Waals surface area contributed by atoms with Crippen LogP contribution in [0, 0.1) is 5.41 Å². The van der Waals surface area contributed by atoms with Gasteiger partial charge in [0.2, 0.25) is 0 Å². The maximum absolute atomic E-state index is 5.84. The zero-order chi connectivity index (χ0) is 11.9. The Labute approximate surface area is 98.6 Å². The molecule has 3 heteroatoms. The number of hydrogen-bond acceptors (Lipinski definition) is 2. The molecule has 0 N–H and O–H groups in total. The first-order valence-electron chi connectivity index (χ1n) is 5.78. The molecular weight excluding hydrogens is 295 g/mol. The van der Waals surface area contributed by atoms with Gasteiger partial charge in [-0.25, -0.2) is 0 Å². The van der Waals surface area contributed by atoms with Gasteiger partial charge in [-0.1, -0.05) is 0 Å². The molecular formula is C12H26O2Sn. The number of methoxy groups -OCH3 is 1. The summed E-state index contributed by atoms with van der Waals surface area (Å²) in [4.78, 5) is 7.57. The summed E-state index contributed by atoms with van der Waals surface area (Å²) in [5.74, 6) is 0. The molecule has 0 aliphatic heterocycles. The third kappa shape index (κ3) is 2.70. The average Bonchev–Trinajstić information content (AvgIpc) is 2.76. The van der Waals surface area contributed by atoms with Crippen LogP contribution in [0.4, 0.5) is 0 Å². The van der Waals surface area contributed by atoms with Crippen LogP contribution < -0.4 is 0 Å². The van der Waals surface area contributed by atoms with E-state index in [0.29, 0.717) is 12.2 Å². The van der Waals surface area contributed by atoms with Gasteiger partial charge in [0.15, 0.2) is 0 Å². The first-order valence-corrected chi connectivity index (χ1v) is 16.0. The molecule has 1 fully saturated rings. The van der Waals surface area contributed by atoms with Gasteiger partial charge in [0, 0.05) is 0 Å². The average molecular weight is 321 g/mol. The van der Waals surface area contributed by atoms with Gasteiger partial charge < -0.3 is 0 Å². The van der Waals surface area contributed by atoms with E-state index in [2.05, 4.69) is 35.6 Å². The summed E-state index contributed by atoms with van der Waals surface area (Å²) in [5, 5.41) is 0. The van der Waals surface area contributed by atoms with E-state index >= 15 is 0 Å². The Morgan fingerprint density at radius 2 is 1.87 bits per heavy atom. The van der Waals surface area contributed by atoms with E-state index in [-0.39, 0.29) is 5.60 Å². The van der Waals surface area contributed by atoms with Crippen molar-refractivity contribution in [2.24, 2.45) is 5.41 Å². The normalized spacial score (nSPS) is 31.8. The summed E-state index contributed by atoms with van der Waals surface area (Å²) in [6.07, 6.45) is 1.35. The molecule has 1 aliphatic rings. The fourth-order valence-corrected chi connectivity index (χ4v) is 12.1. The molecule has 0 saturated heterocycles.